The molecule has 0 radical (unpaired) electrons. The van der Waals surface area contributed by atoms with Crippen molar-refractivity contribution in [2.75, 3.05) is 11.5 Å². The van der Waals surface area contributed by atoms with Crippen LogP contribution in [-0.4, -0.2) is 33.8 Å². The van der Waals surface area contributed by atoms with E-state index in [0.717, 1.165) is 27.3 Å². The third-order valence-electron chi connectivity index (χ3n) is 2.12. The molecule has 106 valence electrons. The minimum atomic E-state index is -0.371. The molecule has 0 aromatic carbocycles. The molecule has 0 N–H and O–H groups in total. The van der Waals surface area contributed by atoms with Crippen molar-refractivity contribution in [3.8, 4) is 0 Å². The second kappa shape index (κ2) is 9.39. The number of hydrogen-bond acceptors (Lipinski definition) is 7. The monoisotopic (exact) mass is 318 g/mol. The van der Waals surface area contributed by atoms with Crippen LogP contribution in [0.15, 0.2) is 21.3 Å². The highest BCUT2D eigenvalue weighted by atomic mass is 32.2. The SMILES string of the molecule is C=CC(=O)OC(CC)CSc1nnc(SCCC)s1. The van der Waals surface area contributed by atoms with Crippen LogP contribution in [0, 0.1) is 0 Å². The Morgan fingerprint density at radius 2 is 2.11 bits per heavy atom. The van der Waals surface area contributed by atoms with E-state index in [-0.39, 0.29) is 12.1 Å². The van der Waals surface area contributed by atoms with Crippen LogP contribution in [0.1, 0.15) is 26.7 Å². The molecule has 1 aromatic heterocycles. The molecule has 1 atom stereocenters. The largest absolute Gasteiger partial charge is 0.458 e. The third-order valence-corrected chi connectivity index (χ3v) is 5.64. The molecule has 19 heavy (non-hydrogen) atoms. The molecule has 0 bridgehead atoms. The van der Waals surface area contributed by atoms with E-state index in [4.69, 9.17) is 4.74 Å². The number of ether oxygens (including phenoxy) is 1. The highest BCUT2D eigenvalue weighted by molar-refractivity contribution is 8.03. The van der Waals surface area contributed by atoms with Gasteiger partial charge in [0.15, 0.2) is 8.68 Å². The average molecular weight is 318 g/mol. The van der Waals surface area contributed by atoms with Crippen molar-refractivity contribution in [3.63, 3.8) is 0 Å². The first-order valence-corrected chi connectivity index (χ1v) is 8.90. The summed E-state index contributed by atoms with van der Waals surface area (Å²) in [6.45, 7) is 7.53. The van der Waals surface area contributed by atoms with Crippen molar-refractivity contribution >= 4 is 40.8 Å². The Kier molecular flexibility index (Phi) is 8.16. The summed E-state index contributed by atoms with van der Waals surface area (Å²) in [5.41, 5.74) is 0. The van der Waals surface area contributed by atoms with E-state index in [1.54, 1.807) is 34.9 Å². The van der Waals surface area contributed by atoms with Crippen molar-refractivity contribution in [1.29, 1.82) is 0 Å². The van der Waals surface area contributed by atoms with E-state index in [2.05, 4.69) is 23.7 Å². The van der Waals surface area contributed by atoms with Gasteiger partial charge in [-0.2, -0.15) is 0 Å². The maximum absolute atomic E-state index is 11.1. The molecule has 1 rings (SSSR count). The number of esters is 1. The van der Waals surface area contributed by atoms with Gasteiger partial charge in [0, 0.05) is 17.6 Å². The lowest BCUT2D eigenvalue weighted by molar-refractivity contribution is -0.141. The van der Waals surface area contributed by atoms with E-state index in [0.29, 0.717) is 5.75 Å². The lowest BCUT2D eigenvalue weighted by Crippen LogP contribution is -2.18. The minimum absolute atomic E-state index is 0.105. The summed E-state index contributed by atoms with van der Waals surface area (Å²) in [6.07, 6.45) is 2.99. The van der Waals surface area contributed by atoms with Gasteiger partial charge in [0.2, 0.25) is 0 Å². The fourth-order valence-corrected chi connectivity index (χ4v) is 4.19. The van der Waals surface area contributed by atoms with Gasteiger partial charge in [0.1, 0.15) is 6.10 Å². The van der Waals surface area contributed by atoms with Crippen molar-refractivity contribution in [3.05, 3.63) is 12.7 Å². The van der Waals surface area contributed by atoms with Gasteiger partial charge in [-0.1, -0.05) is 55.3 Å². The Morgan fingerprint density at radius 1 is 1.42 bits per heavy atom. The molecule has 0 spiro atoms. The number of rotatable bonds is 9. The number of carbonyl (C=O) groups is 1. The molecule has 1 aromatic rings. The molecule has 0 fully saturated rings. The Balaban J connectivity index is 2.39. The molecule has 1 heterocycles. The van der Waals surface area contributed by atoms with Crippen LogP contribution in [-0.2, 0) is 9.53 Å². The number of thioether (sulfide) groups is 2. The van der Waals surface area contributed by atoms with Crippen LogP contribution in [0.25, 0.3) is 0 Å². The van der Waals surface area contributed by atoms with Crippen LogP contribution in [0.5, 0.6) is 0 Å². The van der Waals surface area contributed by atoms with Crippen LogP contribution in [0.3, 0.4) is 0 Å². The standard InChI is InChI=1S/C12H18N2O2S3/c1-4-7-17-11-13-14-12(19-11)18-8-9(5-2)16-10(15)6-3/h6,9H,3-5,7-8H2,1-2H3. The summed E-state index contributed by atoms with van der Waals surface area (Å²) in [4.78, 5) is 11.1. The van der Waals surface area contributed by atoms with Crippen molar-refractivity contribution in [2.45, 2.75) is 41.5 Å². The van der Waals surface area contributed by atoms with Gasteiger partial charge in [-0.25, -0.2) is 4.79 Å². The van der Waals surface area contributed by atoms with Gasteiger partial charge in [-0.15, -0.1) is 10.2 Å². The van der Waals surface area contributed by atoms with Crippen molar-refractivity contribution in [2.24, 2.45) is 0 Å². The van der Waals surface area contributed by atoms with Crippen LogP contribution < -0.4 is 0 Å². The van der Waals surface area contributed by atoms with E-state index in [9.17, 15) is 4.79 Å². The number of carbonyl (C=O) groups excluding carboxylic acids is 1. The quantitative estimate of drug-likeness (QED) is 0.393. The molecule has 0 aliphatic heterocycles. The highest BCUT2D eigenvalue weighted by Crippen LogP contribution is 2.29. The summed E-state index contributed by atoms with van der Waals surface area (Å²) >= 11 is 4.90. The van der Waals surface area contributed by atoms with Gasteiger partial charge in [-0.3, -0.25) is 0 Å². The molecule has 1 unspecified atom stereocenters. The second-order valence-electron chi connectivity index (χ2n) is 3.66. The molecule has 0 aliphatic rings. The average Bonchev–Trinajstić information content (AvgIpc) is 2.88. The van der Waals surface area contributed by atoms with Crippen LogP contribution >= 0.6 is 34.9 Å². The Bertz CT molecular complexity index is 409. The molecule has 7 heteroatoms. The van der Waals surface area contributed by atoms with Crippen molar-refractivity contribution in [1.82, 2.24) is 10.2 Å². The van der Waals surface area contributed by atoms with Crippen molar-refractivity contribution < 1.29 is 9.53 Å². The summed E-state index contributed by atoms with van der Waals surface area (Å²) in [5.74, 6) is 1.39. The topological polar surface area (TPSA) is 52.1 Å². The molecule has 0 amide bonds. The first-order valence-electron chi connectivity index (χ1n) is 6.11. The number of hydrogen-bond donors (Lipinski definition) is 0. The predicted octanol–water partition coefficient (Wildman–Crippen LogP) is 3.64. The molecule has 0 saturated carbocycles. The zero-order chi connectivity index (χ0) is 14.1. The van der Waals surface area contributed by atoms with E-state index >= 15 is 0 Å². The maximum Gasteiger partial charge on any atom is 0.330 e. The van der Waals surface area contributed by atoms with E-state index < -0.39 is 0 Å². The summed E-state index contributed by atoms with van der Waals surface area (Å²) in [7, 11) is 0. The Morgan fingerprint density at radius 3 is 2.68 bits per heavy atom. The lowest BCUT2D eigenvalue weighted by atomic mass is 10.3. The fourth-order valence-electron chi connectivity index (χ4n) is 1.12. The lowest BCUT2D eigenvalue weighted by Gasteiger charge is -2.13. The van der Waals surface area contributed by atoms with Crippen LogP contribution in [0.4, 0.5) is 0 Å². The van der Waals surface area contributed by atoms with Crippen LogP contribution in [0.2, 0.25) is 0 Å². The van der Waals surface area contributed by atoms with E-state index in [1.165, 1.54) is 6.08 Å². The van der Waals surface area contributed by atoms with Gasteiger partial charge in [0.25, 0.3) is 0 Å². The van der Waals surface area contributed by atoms with E-state index in [1.807, 2.05) is 6.92 Å². The summed E-state index contributed by atoms with van der Waals surface area (Å²) < 4.78 is 7.14. The Labute approximate surface area is 126 Å². The molecule has 0 aliphatic carbocycles. The molecule has 0 saturated heterocycles. The molecular formula is C12H18N2O2S3. The third kappa shape index (κ3) is 6.44. The first kappa shape index (κ1) is 16.5. The molecular weight excluding hydrogens is 300 g/mol. The summed E-state index contributed by atoms with van der Waals surface area (Å²) in [6, 6.07) is 0. The fraction of sp³-hybridized carbons (Fsp3) is 0.583. The highest BCUT2D eigenvalue weighted by Gasteiger charge is 2.13. The minimum Gasteiger partial charge on any atom is -0.458 e. The molecule has 4 nitrogen and oxygen atoms in total. The normalized spacial score (nSPS) is 12.1. The first-order chi connectivity index (χ1) is 9.19. The number of nitrogens with zero attached hydrogens (tertiary/aromatic N) is 2. The smallest absolute Gasteiger partial charge is 0.330 e. The van der Waals surface area contributed by atoms with Gasteiger partial charge >= 0.3 is 5.97 Å². The zero-order valence-electron chi connectivity index (χ0n) is 11.1. The second-order valence-corrected chi connectivity index (χ2v) is 7.25. The Hall–Kier alpha value is -0.530. The van der Waals surface area contributed by atoms with Gasteiger partial charge in [-0.05, 0) is 12.8 Å². The van der Waals surface area contributed by atoms with Gasteiger partial charge < -0.3 is 4.74 Å². The van der Waals surface area contributed by atoms with Gasteiger partial charge in [0.05, 0.1) is 0 Å². The number of aromatic nitrogens is 2. The zero-order valence-corrected chi connectivity index (χ0v) is 13.6. The predicted molar refractivity (Wildman–Crippen MR) is 82.0 cm³/mol. The maximum atomic E-state index is 11.1. The summed E-state index contributed by atoms with van der Waals surface area (Å²) in [5, 5.41) is 8.25.